The molecule has 0 aliphatic heterocycles. The lowest BCUT2D eigenvalue weighted by Crippen LogP contribution is -2.43. The van der Waals surface area contributed by atoms with E-state index in [2.05, 4.69) is 5.32 Å². The lowest BCUT2D eigenvalue weighted by molar-refractivity contribution is 0.0461. The zero-order valence-corrected chi connectivity index (χ0v) is 14.7. The predicted molar refractivity (Wildman–Crippen MR) is 88.9 cm³/mol. The molecule has 0 spiro atoms. The Morgan fingerprint density at radius 3 is 2.52 bits per heavy atom. The second-order valence-electron chi connectivity index (χ2n) is 7.11. The number of carbonyl (C=O) groups excluding carboxylic acids is 1. The lowest BCUT2D eigenvalue weighted by atomic mass is 9.79. The zero-order valence-electron chi connectivity index (χ0n) is 14.7. The van der Waals surface area contributed by atoms with Gasteiger partial charge in [0.1, 0.15) is 11.4 Å². The third kappa shape index (κ3) is 6.18. The Morgan fingerprint density at radius 1 is 1.35 bits per heavy atom. The van der Waals surface area contributed by atoms with Gasteiger partial charge in [-0.3, -0.25) is 0 Å². The molecule has 5 heteroatoms. The second-order valence-corrected chi connectivity index (χ2v) is 7.11. The van der Waals surface area contributed by atoms with Crippen LogP contribution in [0.4, 0.5) is 9.18 Å². The number of halogens is 1. The van der Waals surface area contributed by atoms with Crippen LogP contribution < -0.4 is 5.32 Å². The van der Waals surface area contributed by atoms with E-state index in [0.29, 0.717) is 12.8 Å². The van der Waals surface area contributed by atoms with Crippen molar-refractivity contribution in [2.24, 2.45) is 5.41 Å². The molecule has 4 nitrogen and oxygen atoms in total. The number of aliphatic hydroxyl groups is 1. The SMILES string of the molecule is CCC(CO)(CNC(=O)OC(C)(C)C)Cc1cc(F)ccc1C. The summed E-state index contributed by atoms with van der Waals surface area (Å²) in [5, 5.41) is 12.6. The number of aryl methyl sites for hydroxylation is 1. The van der Waals surface area contributed by atoms with E-state index in [0.717, 1.165) is 11.1 Å². The van der Waals surface area contributed by atoms with Crippen molar-refractivity contribution in [3.05, 3.63) is 35.1 Å². The Morgan fingerprint density at radius 2 is 2.00 bits per heavy atom. The van der Waals surface area contributed by atoms with E-state index in [9.17, 15) is 14.3 Å². The molecule has 1 amide bonds. The van der Waals surface area contributed by atoms with Gasteiger partial charge in [-0.2, -0.15) is 0 Å². The van der Waals surface area contributed by atoms with E-state index in [1.54, 1.807) is 26.8 Å². The van der Waals surface area contributed by atoms with Crippen molar-refractivity contribution >= 4 is 6.09 Å². The molecule has 0 aliphatic rings. The van der Waals surface area contributed by atoms with Crippen molar-refractivity contribution in [1.29, 1.82) is 0 Å². The fourth-order valence-corrected chi connectivity index (χ4v) is 2.34. The summed E-state index contributed by atoms with van der Waals surface area (Å²) in [6.45, 7) is 9.40. The highest BCUT2D eigenvalue weighted by Gasteiger charge is 2.30. The molecule has 1 rings (SSSR count). The molecule has 1 unspecified atom stereocenters. The maximum absolute atomic E-state index is 13.5. The number of rotatable bonds is 6. The first-order valence-corrected chi connectivity index (χ1v) is 7.93. The summed E-state index contributed by atoms with van der Waals surface area (Å²) in [4.78, 5) is 11.8. The van der Waals surface area contributed by atoms with Crippen molar-refractivity contribution in [1.82, 2.24) is 5.32 Å². The fraction of sp³-hybridized carbons (Fsp3) is 0.611. The van der Waals surface area contributed by atoms with Gasteiger partial charge >= 0.3 is 6.09 Å². The highest BCUT2D eigenvalue weighted by molar-refractivity contribution is 5.67. The van der Waals surface area contributed by atoms with Crippen LogP contribution in [0, 0.1) is 18.2 Å². The summed E-state index contributed by atoms with van der Waals surface area (Å²) in [6, 6.07) is 4.64. The molecule has 0 aromatic heterocycles. The van der Waals surface area contributed by atoms with Gasteiger partial charge in [-0.1, -0.05) is 13.0 Å². The van der Waals surface area contributed by atoms with Crippen LogP contribution in [0.25, 0.3) is 0 Å². The molecule has 2 N–H and O–H groups in total. The molecule has 1 aromatic rings. The van der Waals surface area contributed by atoms with Crippen LogP contribution in [0.3, 0.4) is 0 Å². The lowest BCUT2D eigenvalue weighted by Gasteiger charge is -2.32. The Labute approximate surface area is 138 Å². The standard InChI is InChI=1S/C18H28FNO3/c1-6-18(12-21,11-20-16(22)23-17(3,4)5)10-14-9-15(19)8-7-13(14)2/h7-9,21H,6,10-12H2,1-5H3,(H,20,22). The molecule has 130 valence electrons. The molecule has 0 saturated heterocycles. The fourth-order valence-electron chi connectivity index (χ4n) is 2.34. The van der Waals surface area contributed by atoms with Crippen LogP contribution in [0.5, 0.6) is 0 Å². The Kier molecular flexibility index (Phi) is 6.57. The van der Waals surface area contributed by atoms with E-state index < -0.39 is 17.1 Å². The third-order valence-electron chi connectivity index (χ3n) is 3.97. The molecule has 0 heterocycles. The summed E-state index contributed by atoms with van der Waals surface area (Å²) in [6.07, 6.45) is 0.619. The van der Waals surface area contributed by atoms with E-state index in [-0.39, 0.29) is 19.0 Å². The summed E-state index contributed by atoms with van der Waals surface area (Å²) >= 11 is 0. The van der Waals surface area contributed by atoms with Crippen molar-refractivity contribution in [3.8, 4) is 0 Å². The summed E-state index contributed by atoms with van der Waals surface area (Å²) < 4.78 is 18.7. The van der Waals surface area contributed by atoms with Crippen molar-refractivity contribution in [3.63, 3.8) is 0 Å². The van der Waals surface area contributed by atoms with E-state index >= 15 is 0 Å². The normalized spacial score (nSPS) is 14.2. The number of aliphatic hydroxyl groups excluding tert-OH is 1. The van der Waals surface area contributed by atoms with E-state index in [1.165, 1.54) is 12.1 Å². The van der Waals surface area contributed by atoms with Crippen LogP contribution in [-0.2, 0) is 11.2 Å². The number of hydrogen-bond acceptors (Lipinski definition) is 3. The molecule has 0 fully saturated rings. The minimum Gasteiger partial charge on any atom is -0.444 e. The maximum Gasteiger partial charge on any atom is 0.407 e. The molecule has 0 bridgehead atoms. The highest BCUT2D eigenvalue weighted by Crippen LogP contribution is 2.28. The number of benzene rings is 1. The molecule has 0 aliphatic carbocycles. The van der Waals surface area contributed by atoms with Gasteiger partial charge in [0.05, 0.1) is 6.61 Å². The van der Waals surface area contributed by atoms with E-state index in [4.69, 9.17) is 4.74 Å². The number of hydrogen-bond donors (Lipinski definition) is 2. The molecule has 23 heavy (non-hydrogen) atoms. The second kappa shape index (κ2) is 7.77. The van der Waals surface area contributed by atoms with Crippen LogP contribution in [0.2, 0.25) is 0 Å². The molecule has 1 atom stereocenters. The Bertz CT molecular complexity index is 534. The Balaban J connectivity index is 2.82. The van der Waals surface area contributed by atoms with Crippen molar-refractivity contribution in [2.75, 3.05) is 13.2 Å². The summed E-state index contributed by atoms with van der Waals surface area (Å²) in [7, 11) is 0. The first-order chi connectivity index (χ1) is 10.6. The minimum atomic E-state index is -0.572. The van der Waals surface area contributed by atoms with Gasteiger partial charge in [0, 0.05) is 12.0 Å². The average Bonchev–Trinajstić information content (AvgIpc) is 2.45. The number of carbonyl (C=O) groups is 1. The quantitative estimate of drug-likeness (QED) is 0.840. The van der Waals surface area contributed by atoms with E-state index in [1.807, 2.05) is 13.8 Å². The minimum absolute atomic E-state index is 0.102. The Hall–Kier alpha value is -1.62. The third-order valence-corrected chi connectivity index (χ3v) is 3.97. The van der Waals surface area contributed by atoms with Gasteiger partial charge in [-0.25, -0.2) is 9.18 Å². The molecular weight excluding hydrogens is 297 g/mol. The van der Waals surface area contributed by atoms with Gasteiger partial charge in [0.2, 0.25) is 0 Å². The molecule has 0 radical (unpaired) electrons. The van der Waals surface area contributed by atoms with Crippen molar-refractivity contribution in [2.45, 2.75) is 53.1 Å². The number of amides is 1. The zero-order chi connectivity index (χ0) is 17.7. The summed E-state index contributed by atoms with van der Waals surface area (Å²) in [5.74, 6) is -0.298. The van der Waals surface area contributed by atoms with Gasteiger partial charge in [-0.15, -0.1) is 0 Å². The topological polar surface area (TPSA) is 58.6 Å². The van der Waals surface area contributed by atoms with Gasteiger partial charge in [-0.05, 0) is 63.8 Å². The number of alkyl carbamates (subject to hydrolysis) is 1. The van der Waals surface area contributed by atoms with Gasteiger partial charge in [0.25, 0.3) is 0 Å². The first-order valence-electron chi connectivity index (χ1n) is 7.93. The summed E-state index contributed by atoms with van der Waals surface area (Å²) in [5.41, 5.74) is 0.689. The number of ether oxygens (including phenoxy) is 1. The van der Waals surface area contributed by atoms with Crippen molar-refractivity contribution < 1.29 is 19.0 Å². The predicted octanol–water partition coefficient (Wildman–Crippen LogP) is 3.59. The molecular formula is C18H28FNO3. The van der Waals surface area contributed by atoms with Crippen LogP contribution in [0.15, 0.2) is 18.2 Å². The largest absolute Gasteiger partial charge is 0.444 e. The average molecular weight is 325 g/mol. The van der Waals surface area contributed by atoms with Crippen LogP contribution >= 0.6 is 0 Å². The first kappa shape index (κ1) is 19.4. The highest BCUT2D eigenvalue weighted by atomic mass is 19.1. The maximum atomic E-state index is 13.5. The van der Waals surface area contributed by atoms with Gasteiger partial charge < -0.3 is 15.2 Å². The molecule has 1 aromatic carbocycles. The molecule has 0 saturated carbocycles. The van der Waals surface area contributed by atoms with Crippen LogP contribution in [-0.4, -0.2) is 30.0 Å². The monoisotopic (exact) mass is 325 g/mol. The van der Waals surface area contributed by atoms with Gasteiger partial charge in [0.15, 0.2) is 0 Å². The smallest absolute Gasteiger partial charge is 0.407 e. The number of nitrogens with one attached hydrogen (secondary N) is 1. The van der Waals surface area contributed by atoms with Crippen LogP contribution in [0.1, 0.15) is 45.2 Å².